The van der Waals surface area contributed by atoms with E-state index in [4.69, 9.17) is 0 Å². The first kappa shape index (κ1) is 8.05. The second-order valence-corrected chi connectivity index (χ2v) is 5.00. The second-order valence-electron chi connectivity index (χ2n) is 5.00. The van der Waals surface area contributed by atoms with Gasteiger partial charge in [0.1, 0.15) is 0 Å². The van der Waals surface area contributed by atoms with Gasteiger partial charge >= 0.3 is 0 Å². The summed E-state index contributed by atoms with van der Waals surface area (Å²) >= 11 is 0. The maximum Gasteiger partial charge on any atom is 0.0577 e. The van der Waals surface area contributed by atoms with Gasteiger partial charge in [0.15, 0.2) is 0 Å². The molecule has 13 heavy (non-hydrogen) atoms. The lowest BCUT2D eigenvalue weighted by Crippen LogP contribution is -2.29. The van der Waals surface area contributed by atoms with Crippen LogP contribution >= 0.6 is 0 Å². The molecule has 0 spiro atoms. The largest absolute Gasteiger partial charge is 0.393 e. The monoisotopic (exact) mass is 178 g/mol. The van der Waals surface area contributed by atoms with E-state index in [-0.39, 0.29) is 6.10 Å². The van der Waals surface area contributed by atoms with Crippen LogP contribution in [0.2, 0.25) is 0 Å². The Hall–Kier alpha value is -0.300. The quantitative estimate of drug-likeness (QED) is 0.565. The van der Waals surface area contributed by atoms with Crippen molar-refractivity contribution in [3.8, 4) is 0 Å². The molecule has 1 heteroatoms. The van der Waals surface area contributed by atoms with Crippen LogP contribution in [0.5, 0.6) is 0 Å². The van der Waals surface area contributed by atoms with Crippen LogP contribution in [-0.2, 0) is 0 Å². The second kappa shape index (κ2) is 2.84. The molecule has 2 saturated carbocycles. The van der Waals surface area contributed by atoms with E-state index in [0.29, 0.717) is 5.92 Å². The molecule has 0 aliphatic heterocycles. The highest BCUT2D eigenvalue weighted by molar-refractivity contribution is 5.19. The Labute approximate surface area is 79.8 Å². The smallest absolute Gasteiger partial charge is 0.0577 e. The molecule has 1 N–H and O–H groups in total. The fourth-order valence-corrected chi connectivity index (χ4v) is 3.85. The maximum absolute atomic E-state index is 9.94. The summed E-state index contributed by atoms with van der Waals surface area (Å²) in [5, 5.41) is 9.94. The van der Waals surface area contributed by atoms with Crippen LogP contribution in [0.4, 0.5) is 0 Å². The zero-order valence-corrected chi connectivity index (χ0v) is 8.08. The van der Waals surface area contributed by atoms with Crippen molar-refractivity contribution in [1.29, 1.82) is 0 Å². The van der Waals surface area contributed by atoms with Gasteiger partial charge < -0.3 is 5.11 Å². The number of aliphatic hydroxyl groups excluding tert-OH is 1. The van der Waals surface area contributed by atoms with E-state index in [9.17, 15) is 5.11 Å². The average molecular weight is 178 g/mol. The van der Waals surface area contributed by atoms with E-state index in [0.717, 1.165) is 18.3 Å². The van der Waals surface area contributed by atoms with Crippen LogP contribution in [0.15, 0.2) is 11.6 Å². The van der Waals surface area contributed by atoms with Gasteiger partial charge in [-0.2, -0.15) is 0 Å². The molecule has 3 rings (SSSR count). The maximum atomic E-state index is 9.94. The summed E-state index contributed by atoms with van der Waals surface area (Å²) in [6.45, 7) is 0. The van der Waals surface area contributed by atoms with E-state index in [1.807, 2.05) is 0 Å². The highest BCUT2D eigenvalue weighted by atomic mass is 16.3. The van der Waals surface area contributed by atoms with Crippen molar-refractivity contribution in [2.24, 2.45) is 17.8 Å². The van der Waals surface area contributed by atoms with Gasteiger partial charge in [0.05, 0.1) is 6.10 Å². The molecule has 1 nitrogen and oxygen atoms in total. The Morgan fingerprint density at radius 3 is 3.08 bits per heavy atom. The molecule has 0 radical (unpaired) electrons. The van der Waals surface area contributed by atoms with E-state index in [1.54, 1.807) is 5.57 Å². The molecule has 0 amide bonds. The number of hydrogen-bond donors (Lipinski definition) is 1. The number of hydrogen-bond acceptors (Lipinski definition) is 1. The fourth-order valence-electron chi connectivity index (χ4n) is 3.85. The summed E-state index contributed by atoms with van der Waals surface area (Å²) in [6, 6.07) is 0. The van der Waals surface area contributed by atoms with Gasteiger partial charge in [-0.15, -0.1) is 0 Å². The molecule has 3 aliphatic rings. The Bertz CT molecular complexity index is 244. The average Bonchev–Trinajstić information content (AvgIpc) is 2.70. The normalized spacial score (nSPS) is 48.5. The Morgan fingerprint density at radius 1 is 1.23 bits per heavy atom. The van der Waals surface area contributed by atoms with Crippen molar-refractivity contribution in [3.05, 3.63) is 11.6 Å². The summed E-state index contributed by atoms with van der Waals surface area (Å²) in [5.41, 5.74) is 1.68. The number of fused-ring (bicyclic) bond motifs is 3. The molecule has 4 atom stereocenters. The van der Waals surface area contributed by atoms with Crippen LogP contribution in [0.25, 0.3) is 0 Å². The fraction of sp³-hybridized carbons (Fsp3) is 0.833. The Morgan fingerprint density at radius 2 is 2.15 bits per heavy atom. The van der Waals surface area contributed by atoms with Crippen molar-refractivity contribution in [2.75, 3.05) is 0 Å². The standard InChI is InChI=1S/C12H18O/c13-11-7-6-9-5-4-8-2-1-3-10(8)12(9)11/h4,9-13H,1-3,5-7H2/t9-,10-,11-,12+/m1/s1. The first-order valence-electron chi connectivity index (χ1n) is 5.73. The van der Waals surface area contributed by atoms with E-state index in [2.05, 4.69) is 6.08 Å². The van der Waals surface area contributed by atoms with Crippen molar-refractivity contribution >= 4 is 0 Å². The Kier molecular flexibility index (Phi) is 1.76. The third kappa shape index (κ3) is 1.10. The molecule has 3 aliphatic carbocycles. The lowest BCUT2D eigenvalue weighted by Gasteiger charge is -2.32. The summed E-state index contributed by atoms with van der Waals surface area (Å²) in [4.78, 5) is 0. The van der Waals surface area contributed by atoms with E-state index in [1.165, 1.54) is 32.1 Å². The SMILES string of the molecule is O[C@@H]1CC[C@H]2CC=C3CCC[C@H]3[C@H]21. The molecule has 2 fully saturated rings. The highest BCUT2D eigenvalue weighted by Crippen LogP contribution is 2.50. The molecule has 0 aromatic heterocycles. The summed E-state index contributed by atoms with van der Waals surface area (Å²) < 4.78 is 0. The number of rotatable bonds is 0. The molecule has 0 saturated heterocycles. The van der Waals surface area contributed by atoms with E-state index >= 15 is 0 Å². The molecule has 0 aromatic carbocycles. The van der Waals surface area contributed by atoms with Crippen molar-refractivity contribution in [1.82, 2.24) is 0 Å². The molecule has 72 valence electrons. The van der Waals surface area contributed by atoms with Gasteiger partial charge in [-0.3, -0.25) is 0 Å². The zero-order chi connectivity index (χ0) is 8.84. The minimum Gasteiger partial charge on any atom is -0.393 e. The third-order valence-corrected chi connectivity index (χ3v) is 4.43. The summed E-state index contributed by atoms with van der Waals surface area (Å²) in [7, 11) is 0. The molecule has 0 heterocycles. The van der Waals surface area contributed by atoms with Crippen molar-refractivity contribution in [2.45, 2.75) is 44.6 Å². The number of allylic oxidation sites excluding steroid dienone is 2. The lowest BCUT2D eigenvalue weighted by molar-refractivity contribution is 0.0859. The lowest BCUT2D eigenvalue weighted by atomic mass is 9.74. The summed E-state index contributed by atoms with van der Waals surface area (Å²) in [5.74, 6) is 2.24. The van der Waals surface area contributed by atoms with E-state index < -0.39 is 0 Å². The molecule has 0 aromatic rings. The van der Waals surface area contributed by atoms with Gasteiger partial charge in [-0.25, -0.2) is 0 Å². The third-order valence-electron chi connectivity index (χ3n) is 4.43. The predicted molar refractivity (Wildman–Crippen MR) is 52.3 cm³/mol. The van der Waals surface area contributed by atoms with Gasteiger partial charge in [0, 0.05) is 0 Å². The van der Waals surface area contributed by atoms with Gasteiger partial charge in [0.2, 0.25) is 0 Å². The van der Waals surface area contributed by atoms with Gasteiger partial charge in [-0.05, 0) is 56.3 Å². The van der Waals surface area contributed by atoms with Crippen molar-refractivity contribution in [3.63, 3.8) is 0 Å². The molecule has 0 unspecified atom stereocenters. The minimum atomic E-state index is 0.0248. The summed E-state index contributed by atoms with van der Waals surface area (Å²) in [6.07, 6.45) is 10.1. The number of aliphatic hydroxyl groups is 1. The Balaban J connectivity index is 1.91. The molecular formula is C12H18O. The van der Waals surface area contributed by atoms with Crippen LogP contribution < -0.4 is 0 Å². The first-order chi connectivity index (χ1) is 6.36. The first-order valence-corrected chi connectivity index (χ1v) is 5.73. The minimum absolute atomic E-state index is 0.0248. The molecule has 0 bridgehead atoms. The topological polar surface area (TPSA) is 20.2 Å². The predicted octanol–water partition coefficient (Wildman–Crippen LogP) is 2.50. The van der Waals surface area contributed by atoms with Crippen LogP contribution in [0, 0.1) is 17.8 Å². The van der Waals surface area contributed by atoms with Crippen LogP contribution in [0.3, 0.4) is 0 Å². The zero-order valence-electron chi connectivity index (χ0n) is 8.08. The van der Waals surface area contributed by atoms with Gasteiger partial charge in [-0.1, -0.05) is 11.6 Å². The highest BCUT2D eigenvalue weighted by Gasteiger charge is 2.44. The molecular weight excluding hydrogens is 160 g/mol. The van der Waals surface area contributed by atoms with Crippen LogP contribution in [-0.4, -0.2) is 11.2 Å². The van der Waals surface area contributed by atoms with Crippen LogP contribution in [0.1, 0.15) is 38.5 Å². The van der Waals surface area contributed by atoms with Crippen molar-refractivity contribution < 1.29 is 5.11 Å². The van der Waals surface area contributed by atoms with Gasteiger partial charge in [0.25, 0.3) is 0 Å².